The van der Waals surface area contributed by atoms with E-state index in [2.05, 4.69) is 15.3 Å². The highest BCUT2D eigenvalue weighted by Crippen LogP contribution is 2.12. The van der Waals surface area contributed by atoms with Gasteiger partial charge in [0, 0.05) is 44.5 Å². The zero-order valence-corrected chi connectivity index (χ0v) is 15.1. The minimum atomic E-state index is -0.190. The summed E-state index contributed by atoms with van der Waals surface area (Å²) in [5, 5.41) is 5.90. The van der Waals surface area contributed by atoms with E-state index in [1.807, 2.05) is 12.3 Å². The van der Waals surface area contributed by atoms with Crippen molar-refractivity contribution < 1.29 is 9.53 Å². The molecule has 9 heteroatoms. The number of amides is 1. The van der Waals surface area contributed by atoms with Gasteiger partial charge in [0.05, 0.1) is 29.8 Å². The Morgan fingerprint density at radius 1 is 1.52 bits per heavy atom. The lowest BCUT2D eigenvalue weighted by atomic mass is 10.2. The lowest BCUT2D eigenvalue weighted by molar-refractivity contribution is -0.137. The molecule has 1 unspecified atom stereocenters. The van der Waals surface area contributed by atoms with Crippen LogP contribution in [0.2, 0.25) is 0 Å². The van der Waals surface area contributed by atoms with Crippen molar-refractivity contribution in [3.8, 4) is 0 Å². The quantitative estimate of drug-likeness (QED) is 0.829. The molecule has 0 aromatic carbocycles. The number of nitrogens with zero attached hydrogens (tertiary/aromatic N) is 4. The van der Waals surface area contributed by atoms with Gasteiger partial charge in [0.2, 0.25) is 5.91 Å². The maximum absolute atomic E-state index is 12.4. The highest BCUT2D eigenvalue weighted by Gasteiger charge is 2.25. The molecule has 1 atom stereocenters. The fraction of sp³-hybridized carbons (Fsp3) is 0.500. The van der Waals surface area contributed by atoms with Crippen molar-refractivity contribution in [1.82, 2.24) is 19.4 Å². The number of carbonyl (C=O) groups excluding carboxylic acids is 1. The summed E-state index contributed by atoms with van der Waals surface area (Å²) in [6.07, 6.45) is 3.30. The highest BCUT2D eigenvalue weighted by atomic mass is 32.1. The number of carbonyl (C=O) groups is 1. The minimum Gasteiger partial charge on any atom is -0.373 e. The third-order valence-corrected chi connectivity index (χ3v) is 4.83. The van der Waals surface area contributed by atoms with Crippen LogP contribution in [0.4, 0.5) is 5.82 Å². The molecule has 0 saturated carbocycles. The standard InChI is InChI=1S/C16H21N5O3S/c1-11-19-12(10-25-11)7-14(22)21-5-6-24-13(9-21)8-18-15-16(23)20(2)4-3-17-15/h3-4,10,13H,5-9H2,1-2H3,(H,17,18). The first kappa shape index (κ1) is 17.6. The Labute approximate surface area is 149 Å². The summed E-state index contributed by atoms with van der Waals surface area (Å²) < 4.78 is 7.16. The van der Waals surface area contributed by atoms with Gasteiger partial charge in [-0.1, -0.05) is 0 Å². The van der Waals surface area contributed by atoms with Gasteiger partial charge in [-0.25, -0.2) is 9.97 Å². The number of aryl methyl sites for hydroxylation is 2. The van der Waals surface area contributed by atoms with Crippen LogP contribution in [0.15, 0.2) is 22.6 Å². The fourth-order valence-electron chi connectivity index (χ4n) is 2.66. The molecule has 25 heavy (non-hydrogen) atoms. The molecule has 1 fully saturated rings. The number of anilines is 1. The van der Waals surface area contributed by atoms with Gasteiger partial charge in [-0.2, -0.15) is 0 Å². The van der Waals surface area contributed by atoms with E-state index >= 15 is 0 Å². The predicted molar refractivity (Wildman–Crippen MR) is 94.8 cm³/mol. The lowest BCUT2D eigenvalue weighted by Crippen LogP contribution is -2.48. The van der Waals surface area contributed by atoms with Gasteiger partial charge in [-0.05, 0) is 6.92 Å². The van der Waals surface area contributed by atoms with Crippen molar-refractivity contribution >= 4 is 23.1 Å². The molecule has 1 aliphatic heterocycles. The van der Waals surface area contributed by atoms with Crippen LogP contribution in [0.5, 0.6) is 0 Å². The lowest BCUT2D eigenvalue weighted by Gasteiger charge is -2.33. The van der Waals surface area contributed by atoms with Gasteiger partial charge in [-0.3, -0.25) is 9.59 Å². The van der Waals surface area contributed by atoms with Crippen molar-refractivity contribution in [3.05, 3.63) is 38.8 Å². The van der Waals surface area contributed by atoms with E-state index in [9.17, 15) is 9.59 Å². The largest absolute Gasteiger partial charge is 0.373 e. The molecule has 1 amide bonds. The molecular formula is C16H21N5O3S. The van der Waals surface area contributed by atoms with Gasteiger partial charge in [-0.15, -0.1) is 11.3 Å². The second kappa shape index (κ2) is 7.75. The summed E-state index contributed by atoms with van der Waals surface area (Å²) in [6, 6.07) is 0. The predicted octanol–water partition coefficient (Wildman–Crippen LogP) is 0.427. The van der Waals surface area contributed by atoms with E-state index in [-0.39, 0.29) is 23.4 Å². The summed E-state index contributed by atoms with van der Waals surface area (Å²) in [5.41, 5.74) is 0.621. The average Bonchev–Trinajstić information content (AvgIpc) is 3.01. The summed E-state index contributed by atoms with van der Waals surface area (Å²) in [4.78, 5) is 34.6. The monoisotopic (exact) mass is 363 g/mol. The molecule has 0 aliphatic carbocycles. The van der Waals surface area contributed by atoms with Crippen LogP contribution >= 0.6 is 11.3 Å². The van der Waals surface area contributed by atoms with E-state index in [0.717, 1.165) is 10.7 Å². The Hall–Kier alpha value is -2.26. The second-order valence-corrected chi connectivity index (χ2v) is 7.00. The van der Waals surface area contributed by atoms with Gasteiger partial charge >= 0.3 is 0 Å². The normalized spacial score (nSPS) is 17.5. The topological polar surface area (TPSA) is 89.3 Å². The van der Waals surface area contributed by atoms with E-state index < -0.39 is 0 Å². The third-order valence-electron chi connectivity index (χ3n) is 4.00. The Kier molecular flexibility index (Phi) is 5.44. The maximum Gasteiger partial charge on any atom is 0.293 e. The summed E-state index contributed by atoms with van der Waals surface area (Å²) in [7, 11) is 1.67. The van der Waals surface area contributed by atoms with Crippen LogP contribution in [0, 0.1) is 6.92 Å². The number of hydrogen-bond acceptors (Lipinski definition) is 7. The van der Waals surface area contributed by atoms with Gasteiger partial charge in [0.1, 0.15) is 0 Å². The van der Waals surface area contributed by atoms with E-state index in [1.54, 1.807) is 35.7 Å². The summed E-state index contributed by atoms with van der Waals surface area (Å²) in [5.74, 6) is 0.336. The van der Waals surface area contributed by atoms with E-state index in [0.29, 0.717) is 32.7 Å². The number of nitrogens with one attached hydrogen (secondary N) is 1. The maximum atomic E-state index is 12.4. The highest BCUT2D eigenvalue weighted by molar-refractivity contribution is 7.09. The Balaban J connectivity index is 1.54. The molecule has 0 spiro atoms. The van der Waals surface area contributed by atoms with Crippen molar-refractivity contribution in [3.63, 3.8) is 0 Å². The first-order valence-electron chi connectivity index (χ1n) is 8.09. The zero-order chi connectivity index (χ0) is 17.8. The Morgan fingerprint density at radius 2 is 2.36 bits per heavy atom. The molecule has 134 valence electrons. The summed E-state index contributed by atoms with van der Waals surface area (Å²) >= 11 is 1.55. The van der Waals surface area contributed by atoms with Crippen LogP contribution in [0.3, 0.4) is 0 Å². The molecule has 1 aliphatic rings. The van der Waals surface area contributed by atoms with Crippen LogP contribution in [-0.4, -0.2) is 57.7 Å². The number of rotatable bonds is 5. The number of hydrogen-bond donors (Lipinski definition) is 1. The molecule has 2 aromatic rings. The number of ether oxygens (including phenoxy) is 1. The van der Waals surface area contributed by atoms with Gasteiger partial charge < -0.3 is 19.5 Å². The number of aromatic nitrogens is 3. The summed E-state index contributed by atoms with van der Waals surface area (Å²) in [6.45, 7) is 3.89. The molecule has 3 rings (SSSR count). The molecule has 0 radical (unpaired) electrons. The Morgan fingerprint density at radius 3 is 3.12 bits per heavy atom. The molecule has 1 saturated heterocycles. The van der Waals surface area contributed by atoms with E-state index in [1.165, 1.54) is 4.57 Å². The molecule has 2 aromatic heterocycles. The van der Waals surface area contributed by atoms with Crippen molar-refractivity contribution in [2.45, 2.75) is 19.4 Å². The van der Waals surface area contributed by atoms with Crippen LogP contribution in [-0.2, 0) is 23.0 Å². The Bertz CT molecular complexity index is 803. The second-order valence-electron chi connectivity index (χ2n) is 5.94. The van der Waals surface area contributed by atoms with Crippen LogP contribution < -0.4 is 10.9 Å². The molecule has 1 N–H and O–H groups in total. The van der Waals surface area contributed by atoms with E-state index in [4.69, 9.17) is 4.74 Å². The molecule has 8 nitrogen and oxygen atoms in total. The SMILES string of the molecule is Cc1nc(CC(=O)N2CCOC(CNc3nccn(C)c3=O)C2)cs1. The number of thiazole rings is 1. The number of morpholine rings is 1. The van der Waals surface area contributed by atoms with Crippen molar-refractivity contribution in [2.24, 2.45) is 7.05 Å². The molecule has 3 heterocycles. The third kappa shape index (κ3) is 4.43. The first-order valence-corrected chi connectivity index (χ1v) is 8.97. The van der Waals surface area contributed by atoms with Gasteiger partial charge in [0.25, 0.3) is 5.56 Å². The van der Waals surface area contributed by atoms with Crippen molar-refractivity contribution in [2.75, 3.05) is 31.6 Å². The van der Waals surface area contributed by atoms with Gasteiger partial charge in [0.15, 0.2) is 5.82 Å². The first-order chi connectivity index (χ1) is 12.0. The average molecular weight is 363 g/mol. The minimum absolute atomic E-state index is 0.0485. The molecule has 0 bridgehead atoms. The van der Waals surface area contributed by atoms with Crippen LogP contribution in [0.25, 0.3) is 0 Å². The zero-order valence-electron chi connectivity index (χ0n) is 14.3. The van der Waals surface area contributed by atoms with Crippen LogP contribution in [0.1, 0.15) is 10.7 Å². The van der Waals surface area contributed by atoms with Crippen molar-refractivity contribution in [1.29, 1.82) is 0 Å². The fourth-order valence-corrected chi connectivity index (χ4v) is 3.27. The molecular weight excluding hydrogens is 342 g/mol. The smallest absolute Gasteiger partial charge is 0.293 e.